The highest BCUT2D eigenvalue weighted by Crippen LogP contribution is 2.17. The van der Waals surface area contributed by atoms with Crippen molar-refractivity contribution >= 4 is 24.6 Å². The van der Waals surface area contributed by atoms with Crippen molar-refractivity contribution in [1.82, 2.24) is 9.78 Å². The van der Waals surface area contributed by atoms with Crippen molar-refractivity contribution in [3.8, 4) is 17.3 Å². The monoisotopic (exact) mass is 305 g/mol. The molecule has 0 atom stereocenters. The molecule has 6 heteroatoms. The second kappa shape index (κ2) is 6.00. The average Bonchev–Trinajstić information content (AvgIpc) is 2.94. The summed E-state index contributed by atoms with van der Waals surface area (Å²) in [5.74, 6) is 0. The number of rotatable bonds is 3. The molecule has 0 aliphatic heterocycles. The summed E-state index contributed by atoms with van der Waals surface area (Å²) in [4.78, 5) is 13.1. The molecule has 22 heavy (non-hydrogen) atoms. The predicted octanol–water partition coefficient (Wildman–Crippen LogP) is 1.15. The van der Waals surface area contributed by atoms with Crippen LogP contribution in [-0.2, 0) is 6.54 Å². The molecule has 3 aromatic rings. The van der Waals surface area contributed by atoms with Crippen LogP contribution in [0.3, 0.4) is 0 Å². The third-order valence-electron chi connectivity index (χ3n) is 3.24. The first kappa shape index (κ1) is 14.3. The van der Waals surface area contributed by atoms with Crippen molar-refractivity contribution in [3.63, 3.8) is 0 Å². The van der Waals surface area contributed by atoms with E-state index < -0.39 is 0 Å². The van der Waals surface area contributed by atoms with Crippen LogP contribution >= 0.6 is 11.3 Å². The van der Waals surface area contributed by atoms with Gasteiger partial charge in [0.1, 0.15) is 7.85 Å². The van der Waals surface area contributed by atoms with E-state index in [1.54, 1.807) is 29.5 Å². The quantitative estimate of drug-likeness (QED) is 0.682. The Morgan fingerprint density at radius 3 is 2.86 bits per heavy atom. The molecule has 0 fully saturated rings. The van der Waals surface area contributed by atoms with E-state index in [4.69, 9.17) is 5.26 Å². The molecule has 0 saturated heterocycles. The fourth-order valence-electron chi connectivity index (χ4n) is 2.19. The first-order chi connectivity index (χ1) is 10.7. The molecular formula is C16H12BN3OS. The van der Waals surface area contributed by atoms with Crippen molar-refractivity contribution in [2.75, 3.05) is 0 Å². The van der Waals surface area contributed by atoms with Gasteiger partial charge >= 0.3 is 0 Å². The maximum absolute atomic E-state index is 12.0. The summed E-state index contributed by atoms with van der Waals surface area (Å²) in [7, 11) is 2.03. The maximum atomic E-state index is 12.0. The Morgan fingerprint density at radius 2 is 2.14 bits per heavy atom. The van der Waals surface area contributed by atoms with Gasteiger partial charge in [0.25, 0.3) is 5.56 Å². The van der Waals surface area contributed by atoms with Crippen molar-refractivity contribution in [1.29, 1.82) is 5.26 Å². The minimum Gasteiger partial charge on any atom is -0.268 e. The zero-order valence-corrected chi connectivity index (χ0v) is 12.8. The van der Waals surface area contributed by atoms with Crippen LogP contribution in [0.1, 0.15) is 10.4 Å². The maximum Gasteiger partial charge on any atom is 0.267 e. The van der Waals surface area contributed by atoms with E-state index in [1.165, 1.54) is 16.2 Å². The van der Waals surface area contributed by atoms with Gasteiger partial charge in [0.05, 0.1) is 23.9 Å². The third-order valence-corrected chi connectivity index (χ3v) is 4.28. The lowest BCUT2D eigenvalue weighted by Crippen LogP contribution is -2.22. The van der Waals surface area contributed by atoms with Crippen LogP contribution < -0.4 is 11.0 Å². The number of hydrogen-bond acceptors (Lipinski definition) is 4. The number of benzene rings is 1. The van der Waals surface area contributed by atoms with Gasteiger partial charge in [0.2, 0.25) is 0 Å². The van der Waals surface area contributed by atoms with Crippen LogP contribution in [0, 0.1) is 11.3 Å². The van der Waals surface area contributed by atoms with Gasteiger partial charge in [-0.1, -0.05) is 23.7 Å². The molecule has 3 rings (SSSR count). The summed E-state index contributed by atoms with van der Waals surface area (Å²) in [5.41, 5.74) is 3.14. The van der Waals surface area contributed by atoms with Crippen LogP contribution in [0.4, 0.5) is 0 Å². The van der Waals surface area contributed by atoms with E-state index in [9.17, 15) is 4.79 Å². The number of thiophene rings is 1. The zero-order valence-electron chi connectivity index (χ0n) is 12.0. The third kappa shape index (κ3) is 3.00. The van der Waals surface area contributed by atoms with Crippen molar-refractivity contribution in [2.24, 2.45) is 0 Å². The predicted molar refractivity (Wildman–Crippen MR) is 90.2 cm³/mol. The van der Waals surface area contributed by atoms with Crippen LogP contribution in [0.5, 0.6) is 0 Å². The van der Waals surface area contributed by atoms with E-state index >= 15 is 0 Å². The van der Waals surface area contributed by atoms with Gasteiger partial charge < -0.3 is 0 Å². The Balaban J connectivity index is 1.99. The van der Waals surface area contributed by atoms with Gasteiger partial charge in [-0.25, -0.2) is 4.68 Å². The SMILES string of the molecule is Bc1csc(Cn2nc(-c3cccc(C#N)c3)ccc2=O)c1. The number of nitriles is 1. The molecule has 0 N–H and O–H groups in total. The molecule has 0 aliphatic carbocycles. The van der Waals surface area contributed by atoms with Gasteiger partial charge in [0.15, 0.2) is 0 Å². The fourth-order valence-corrected chi connectivity index (χ4v) is 3.04. The van der Waals surface area contributed by atoms with Crippen LogP contribution in [0.25, 0.3) is 11.3 Å². The molecule has 0 radical (unpaired) electrons. The summed E-state index contributed by atoms with van der Waals surface area (Å²) in [6.45, 7) is 0.461. The molecule has 0 amide bonds. The average molecular weight is 305 g/mol. The standard InChI is InChI=1S/C16H12BN3OS/c17-13-7-14(22-10-13)9-20-16(21)5-4-15(19-20)12-3-1-2-11(6-12)8-18/h1-7,10H,9,17H2. The van der Waals surface area contributed by atoms with Crippen molar-refractivity contribution in [2.45, 2.75) is 6.54 Å². The summed E-state index contributed by atoms with van der Waals surface area (Å²) < 4.78 is 1.46. The lowest BCUT2D eigenvalue weighted by atomic mass is 10.0. The number of hydrogen-bond donors (Lipinski definition) is 0. The smallest absolute Gasteiger partial charge is 0.267 e. The fraction of sp³-hybridized carbons (Fsp3) is 0.0625. The minimum absolute atomic E-state index is 0.133. The van der Waals surface area contributed by atoms with Crippen LogP contribution in [0.15, 0.2) is 52.6 Å². The number of nitrogens with zero attached hydrogens (tertiary/aromatic N) is 3. The molecule has 106 valence electrons. The molecule has 0 bridgehead atoms. The van der Waals surface area contributed by atoms with Crippen LogP contribution in [0.2, 0.25) is 0 Å². The topological polar surface area (TPSA) is 58.7 Å². The van der Waals surface area contributed by atoms with E-state index in [2.05, 4.69) is 22.6 Å². The molecule has 0 unspecified atom stereocenters. The molecule has 4 nitrogen and oxygen atoms in total. The summed E-state index contributed by atoms with van der Waals surface area (Å²) in [6, 6.07) is 14.6. The van der Waals surface area contributed by atoms with E-state index in [1.807, 2.05) is 20.0 Å². The highest BCUT2D eigenvalue weighted by Gasteiger charge is 2.06. The normalized spacial score (nSPS) is 10.3. The number of aromatic nitrogens is 2. The van der Waals surface area contributed by atoms with Crippen molar-refractivity contribution in [3.05, 3.63) is 68.6 Å². The first-order valence-electron chi connectivity index (χ1n) is 6.78. The Hall–Kier alpha value is -2.65. The molecule has 2 heterocycles. The Labute approximate surface area is 132 Å². The van der Waals surface area contributed by atoms with Gasteiger partial charge in [-0.2, -0.15) is 10.4 Å². The molecule has 1 aromatic carbocycles. The molecule has 0 spiro atoms. The Bertz CT molecular complexity index is 923. The molecule has 0 saturated carbocycles. The zero-order chi connectivity index (χ0) is 15.5. The molecular weight excluding hydrogens is 293 g/mol. The minimum atomic E-state index is -0.133. The molecule has 2 aromatic heterocycles. The Morgan fingerprint density at radius 1 is 1.27 bits per heavy atom. The largest absolute Gasteiger partial charge is 0.268 e. The second-order valence-electron chi connectivity index (χ2n) is 5.00. The van der Waals surface area contributed by atoms with E-state index in [-0.39, 0.29) is 5.56 Å². The van der Waals surface area contributed by atoms with E-state index in [0.717, 1.165) is 10.4 Å². The van der Waals surface area contributed by atoms with Crippen molar-refractivity contribution < 1.29 is 0 Å². The van der Waals surface area contributed by atoms with E-state index in [0.29, 0.717) is 17.8 Å². The Kier molecular flexibility index (Phi) is 3.90. The molecule has 0 aliphatic rings. The summed E-state index contributed by atoms with van der Waals surface area (Å²) in [5, 5.41) is 15.5. The highest BCUT2D eigenvalue weighted by atomic mass is 32.1. The lowest BCUT2D eigenvalue weighted by Gasteiger charge is -2.06. The van der Waals surface area contributed by atoms with Gasteiger partial charge in [0, 0.05) is 16.5 Å². The first-order valence-corrected chi connectivity index (χ1v) is 7.66. The second-order valence-corrected chi connectivity index (χ2v) is 5.99. The summed E-state index contributed by atoms with van der Waals surface area (Å²) >= 11 is 1.62. The van der Waals surface area contributed by atoms with Gasteiger partial charge in [-0.3, -0.25) is 4.79 Å². The highest BCUT2D eigenvalue weighted by molar-refractivity contribution is 7.10. The lowest BCUT2D eigenvalue weighted by molar-refractivity contribution is 0.649. The van der Waals surface area contributed by atoms with Gasteiger partial charge in [-0.05, 0) is 23.6 Å². The summed E-state index contributed by atoms with van der Waals surface area (Å²) in [6.07, 6.45) is 0. The van der Waals surface area contributed by atoms with Gasteiger partial charge in [-0.15, -0.1) is 11.3 Å². The van der Waals surface area contributed by atoms with Crippen LogP contribution in [-0.4, -0.2) is 17.6 Å².